The van der Waals surface area contributed by atoms with Gasteiger partial charge in [-0.2, -0.15) is 0 Å². The predicted octanol–water partition coefficient (Wildman–Crippen LogP) is 5.57. The van der Waals surface area contributed by atoms with E-state index in [4.69, 9.17) is 0 Å². The van der Waals surface area contributed by atoms with Gasteiger partial charge in [0.15, 0.2) is 0 Å². The summed E-state index contributed by atoms with van der Waals surface area (Å²) in [6.07, 6.45) is 7.68. The highest BCUT2D eigenvalue weighted by Gasteiger charge is 2.13. The van der Waals surface area contributed by atoms with Gasteiger partial charge in [0.25, 0.3) is 0 Å². The van der Waals surface area contributed by atoms with Crippen LogP contribution in [0.1, 0.15) is 50.7 Å². The average Bonchev–Trinajstić information content (AvgIpc) is 2.56. The largest absolute Gasteiger partial charge is 0.0654 e. The second kappa shape index (κ2) is 9.11. The Balaban J connectivity index is 2.19. The summed E-state index contributed by atoms with van der Waals surface area (Å²) in [7, 11) is -0.194. The van der Waals surface area contributed by atoms with Gasteiger partial charge in [0.1, 0.15) is 0 Å². The molecule has 22 heavy (non-hydrogen) atoms. The maximum atomic E-state index is 2.38. The van der Waals surface area contributed by atoms with Crippen molar-refractivity contribution in [3.8, 4) is 0 Å². The van der Waals surface area contributed by atoms with Gasteiger partial charge >= 0.3 is 0 Å². The lowest BCUT2D eigenvalue weighted by molar-refractivity contribution is 0.795. The van der Waals surface area contributed by atoms with Gasteiger partial charge in [0, 0.05) is 0 Å². The van der Waals surface area contributed by atoms with Crippen molar-refractivity contribution < 1.29 is 0 Å². The summed E-state index contributed by atoms with van der Waals surface area (Å²) >= 11 is 0. The minimum Gasteiger partial charge on any atom is -0.0654 e. The maximum absolute atomic E-state index is 2.38. The highest BCUT2D eigenvalue weighted by Crippen LogP contribution is 2.34. The van der Waals surface area contributed by atoms with Crippen LogP contribution in [-0.2, 0) is 6.42 Å². The van der Waals surface area contributed by atoms with Gasteiger partial charge in [-0.1, -0.05) is 80.8 Å². The minimum absolute atomic E-state index is 0.194. The molecule has 0 saturated carbocycles. The van der Waals surface area contributed by atoms with Gasteiger partial charge < -0.3 is 0 Å². The first-order valence-electron chi connectivity index (χ1n) is 8.67. The van der Waals surface area contributed by atoms with E-state index in [2.05, 4.69) is 69.3 Å². The molecule has 0 aliphatic carbocycles. The molecule has 118 valence electrons. The third-order valence-corrected chi connectivity index (χ3v) is 6.75. The normalized spacial score (nSPS) is 12.3. The second-order valence-corrected chi connectivity index (χ2v) is 8.45. The Morgan fingerprint density at radius 2 is 1.27 bits per heavy atom. The Bertz CT molecular complexity index is 539. The van der Waals surface area contributed by atoms with Crippen LogP contribution in [-0.4, -0.2) is 6.16 Å². The molecule has 1 atom stereocenters. The number of hydrogen-bond donors (Lipinski definition) is 0. The maximum Gasteiger partial charge on any atom is -0.0195 e. The Morgan fingerprint density at radius 3 is 1.82 bits per heavy atom. The van der Waals surface area contributed by atoms with Crippen LogP contribution in [0.15, 0.2) is 48.5 Å². The Hall–Kier alpha value is -1.13. The molecule has 2 aromatic rings. The summed E-state index contributed by atoms with van der Waals surface area (Å²) in [5.74, 6) is 0. The van der Waals surface area contributed by atoms with Gasteiger partial charge in [-0.15, -0.1) is 0 Å². The van der Waals surface area contributed by atoms with Gasteiger partial charge in [-0.05, 0) is 56.4 Å². The molecule has 0 radical (unpaired) electrons. The van der Waals surface area contributed by atoms with Crippen LogP contribution in [0.3, 0.4) is 0 Å². The quantitative estimate of drug-likeness (QED) is 0.559. The highest BCUT2D eigenvalue weighted by molar-refractivity contribution is 7.73. The van der Waals surface area contributed by atoms with Crippen LogP contribution in [0.5, 0.6) is 0 Å². The SMILES string of the molecule is CCCCc1ccc(P(CCCC)c2ccc(C)cc2)cc1. The van der Waals surface area contributed by atoms with E-state index < -0.39 is 0 Å². The summed E-state index contributed by atoms with van der Waals surface area (Å²) in [6, 6.07) is 18.6. The number of benzene rings is 2. The van der Waals surface area contributed by atoms with E-state index >= 15 is 0 Å². The monoisotopic (exact) mass is 312 g/mol. The van der Waals surface area contributed by atoms with Crippen LogP contribution in [0.4, 0.5) is 0 Å². The summed E-state index contributed by atoms with van der Waals surface area (Å²) in [5, 5.41) is 3.06. The molecule has 0 aliphatic heterocycles. The Labute approximate surface area is 137 Å². The van der Waals surface area contributed by atoms with Crippen molar-refractivity contribution in [1.29, 1.82) is 0 Å². The molecule has 0 amide bonds. The molecule has 0 aliphatic rings. The molecule has 0 saturated heterocycles. The molecular formula is C21H29P. The summed E-state index contributed by atoms with van der Waals surface area (Å²) in [6.45, 7) is 6.72. The number of rotatable bonds is 8. The van der Waals surface area contributed by atoms with Crippen LogP contribution in [0, 0.1) is 6.92 Å². The van der Waals surface area contributed by atoms with Gasteiger partial charge in [0.05, 0.1) is 0 Å². The Kier molecular flexibility index (Phi) is 7.13. The fourth-order valence-electron chi connectivity index (χ4n) is 2.67. The minimum atomic E-state index is -0.194. The summed E-state index contributed by atoms with van der Waals surface area (Å²) < 4.78 is 0. The van der Waals surface area contributed by atoms with Crippen molar-refractivity contribution in [1.82, 2.24) is 0 Å². The van der Waals surface area contributed by atoms with Gasteiger partial charge in [-0.3, -0.25) is 0 Å². The van der Waals surface area contributed by atoms with Crippen LogP contribution < -0.4 is 10.6 Å². The molecular weight excluding hydrogens is 283 g/mol. The number of hydrogen-bond acceptors (Lipinski definition) is 0. The highest BCUT2D eigenvalue weighted by atomic mass is 31.1. The smallest absolute Gasteiger partial charge is 0.0195 e. The van der Waals surface area contributed by atoms with Crippen molar-refractivity contribution in [3.63, 3.8) is 0 Å². The van der Waals surface area contributed by atoms with Gasteiger partial charge in [0.2, 0.25) is 0 Å². The fourth-order valence-corrected chi connectivity index (χ4v) is 5.14. The molecule has 0 fully saturated rings. The van der Waals surface area contributed by atoms with E-state index in [0.29, 0.717) is 0 Å². The van der Waals surface area contributed by atoms with E-state index in [1.807, 2.05) is 0 Å². The van der Waals surface area contributed by atoms with Crippen molar-refractivity contribution in [2.24, 2.45) is 0 Å². The third-order valence-electron chi connectivity index (χ3n) is 4.15. The van der Waals surface area contributed by atoms with Crippen LogP contribution in [0.2, 0.25) is 0 Å². The van der Waals surface area contributed by atoms with Crippen LogP contribution in [0.25, 0.3) is 0 Å². The standard InChI is InChI=1S/C21H29P/c1-4-6-8-19-11-15-21(16-12-19)22(17-7-5-2)20-13-9-18(3)10-14-20/h9-16H,4-8,17H2,1-3H3. The molecule has 1 unspecified atom stereocenters. The Morgan fingerprint density at radius 1 is 0.727 bits per heavy atom. The number of aryl methyl sites for hydroxylation is 2. The lowest BCUT2D eigenvalue weighted by Gasteiger charge is -2.19. The lowest BCUT2D eigenvalue weighted by atomic mass is 10.1. The van der Waals surface area contributed by atoms with E-state index in [1.54, 1.807) is 0 Å². The zero-order chi connectivity index (χ0) is 15.8. The zero-order valence-corrected chi connectivity index (χ0v) is 15.2. The first-order chi connectivity index (χ1) is 10.7. The first kappa shape index (κ1) is 17.2. The molecule has 2 aromatic carbocycles. The second-order valence-electron chi connectivity index (χ2n) is 6.11. The first-order valence-corrected chi connectivity index (χ1v) is 10.2. The van der Waals surface area contributed by atoms with E-state index in [9.17, 15) is 0 Å². The summed E-state index contributed by atoms with van der Waals surface area (Å²) in [4.78, 5) is 0. The van der Waals surface area contributed by atoms with E-state index in [-0.39, 0.29) is 7.92 Å². The molecule has 0 bridgehead atoms. The average molecular weight is 312 g/mol. The topological polar surface area (TPSA) is 0 Å². The molecule has 1 heteroatoms. The molecule has 0 aromatic heterocycles. The van der Waals surface area contributed by atoms with E-state index in [0.717, 1.165) is 0 Å². The van der Waals surface area contributed by atoms with Crippen molar-refractivity contribution in [2.45, 2.75) is 52.9 Å². The van der Waals surface area contributed by atoms with Crippen LogP contribution >= 0.6 is 7.92 Å². The molecule has 0 N–H and O–H groups in total. The molecule has 0 nitrogen and oxygen atoms in total. The van der Waals surface area contributed by atoms with Crippen molar-refractivity contribution in [3.05, 3.63) is 59.7 Å². The van der Waals surface area contributed by atoms with E-state index in [1.165, 1.54) is 60.0 Å². The predicted molar refractivity (Wildman–Crippen MR) is 102 cm³/mol. The van der Waals surface area contributed by atoms with Crippen molar-refractivity contribution in [2.75, 3.05) is 6.16 Å². The lowest BCUT2D eigenvalue weighted by Crippen LogP contribution is -2.14. The van der Waals surface area contributed by atoms with Crippen molar-refractivity contribution >= 4 is 18.5 Å². The molecule has 0 spiro atoms. The molecule has 0 heterocycles. The zero-order valence-electron chi connectivity index (χ0n) is 14.3. The molecule has 2 rings (SSSR count). The third kappa shape index (κ3) is 4.96. The summed E-state index contributed by atoms with van der Waals surface area (Å²) in [5.41, 5.74) is 2.84. The van der Waals surface area contributed by atoms with Gasteiger partial charge in [-0.25, -0.2) is 0 Å². The number of unbranched alkanes of at least 4 members (excludes halogenated alkanes) is 2. The fraction of sp³-hybridized carbons (Fsp3) is 0.429.